The van der Waals surface area contributed by atoms with Crippen molar-refractivity contribution >= 4 is 45.0 Å². The smallest absolute Gasteiger partial charge is 0.253 e. The van der Waals surface area contributed by atoms with Gasteiger partial charge in [-0.3, -0.25) is 9.59 Å². The lowest BCUT2D eigenvalue weighted by Gasteiger charge is -2.31. The normalized spacial score (nSPS) is 15.1. The molecule has 2 aromatic rings. The Kier molecular flexibility index (Phi) is 7.02. The first-order chi connectivity index (χ1) is 14.1. The van der Waals surface area contributed by atoms with Gasteiger partial charge in [0.15, 0.2) is 0 Å². The molecule has 1 fully saturated rings. The Morgan fingerprint density at radius 3 is 2.27 bits per heavy atom. The van der Waals surface area contributed by atoms with Gasteiger partial charge in [0.2, 0.25) is 15.9 Å². The van der Waals surface area contributed by atoms with Gasteiger partial charge in [0, 0.05) is 41.2 Å². The molecule has 1 aliphatic rings. The van der Waals surface area contributed by atoms with Crippen molar-refractivity contribution < 1.29 is 18.0 Å². The molecular weight excluding hydrogens is 449 g/mol. The number of nitrogens with zero attached hydrogens (tertiary/aromatic N) is 1. The van der Waals surface area contributed by atoms with E-state index in [1.165, 1.54) is 24.3 Å². The lowest BCUT2D eigenvalue weighted by molar-refractivity contribution is -0.126. The van der Waals surface area contributed by atoms with Gasteiger partial charge in [0.05, 0.1) is 4.90 Å². The number of primary sulfonamides is 1. The summed E-state index contributed by atoms with van der Waals surface area (Å²) in [7, 11) is -3.80. The molecule has 1 aliphatic heterocycles. The van der Waals surface area contributed by atoms with Crippen LogP contribution in [0, 0.1) is 5.92 Å². The quantitative estimate of drug-likeness (QED) is 0.700. The number of amides is 2. The highest BCUT2D eigenvalue weighted by atomic mass is 35.5. The second kappa shape index (κ2) is 9.34. The van der Waals surface area contributed by atoms with Crippen LogP contribution in [0.3, 0.4) is 0 Å². The van der Waals surface area contributed by atoms with Gasteiger partial charge in [-0.1, -0.05) is 29.3 Å². The van der Waals surface area contributed by atoms with E-state index in [0.717, 1.165) is 5.56 Å². The standard InChI is InChI=1S/C20H21Cl2N3O4S/c21-16-4-1-15(18(22)11-16)12-24-19(26)13-7-9-25(10-8-13)20(27)14-2-5-17(6-3-14)30(23,28)29/h1-6,11,13H,7-10,12H2,(H,24,26)(H2,23,28,29). The molecule has 0 unspecified atom stereocenters. The lowest BCUT2D eigenvalue weighted by atomic mass is 9.95. The van der Waals surface area contributed by atoms with Crippen molar-refractivity contribution in [1.82, 2.24) is 10.2 Å². The topological polar surface area (TPSA) is 110 Å². The maximum atomic E-state index is 12.6. The molecule has 3 rings (SSSR count). The number of rotatable bonds is 5. The van der Waals surface area contributed by atoms with Crippen LogP contribution in [-0.4, -0.2) is 38.2 Å². The summed E-state index contributed by atoms with van der Waals surface area (Å²) in [5, 5.41) is 8.99. The van der Waals surface area contributed by atoms with Crippen molar-refractivity contribution in [2.45, 2.75) is 24.3 Å². The Bertz CT molecular complexity index is 1050. The van der Waals surface area contributed by atoms with Crippen molar-refractivity contribution in [3.8, 4) is 0 Å². The van der Waals surface area contributed by atoms with Crippen LogP contribution in [0.25, 0.3) is 0 Å². The van der Waals surface area contributed by atoms with Gasteiger partial charge in [-0.15, -0.1) is 0 Å². The van der Waals surface area contributed by atoms with Gasteiger partial charge in [0.1, 0.15) is 0 Å². The van der Waals surface area contributed by atoms with Gasteiger partial charge in [-0.05, 0) is 54.8 Å². The fourth-order valence-corrected chi connectivity index (χ4v) is 4.30. The van der Waals surface area contributed by atoms with Crippen molar-refractivity contribution in [2.75, 3.05) is 13.1 Å². The number of nitrogens with two attached hydrogens (primary N) is 1. The maximum Gasteiger partial charge on any atom is 0.253 e. The number of nitrogens with one attached hydrogen (secondary N) is 1. The zero-order valence-electron chi connectivity index (χ0n) is 16.0. The van der Waals surface area contributed by atoms with Crippen LogP contribution in [0.2, 0.25) is 10.0 Å². The molecule has 7 nitrogen and oxygen atoms in total. The molecule has 0 bridgehead atoms. The number of likely N-dealkylation sites (tertiary alicyclic amines) is 1. The van der Waals surface area contributed by atoms with E-state index in [-0.39, 0.29) is 22.6 Å². The van der Waals surface area contributed by atoms with E-state index in [1.807, 2.05) is 0 Å². The van der Waals surface area contributed by atoms with Crippen LogP contribution in [0.5, 0.6) is 0 Å². The maximum absolute atomic E-state index is 12.6. The van der Waals surface area contributed by atoms with Gasteiger partial charge in [-0.2, -0.15) is 0 Å². The Morgan fingerprint density at radius 2 is 1.70 bits per heavy atom. The van der Waals surface area contributed by atoms with Crippen molar-refractivity contribution in [3.63, 3.8) is 0 Å². The number of piperidine rings is 1. The minimum atomic E-state index is -3.80. The Labute approximate surface area is 185 Å². The van der Waals surface area contributed by atoms with E-state index in [0.29, 0.717) is 48.1 Å². The fourth-order valence-electron chi connectivity index (χ4n) is 3.31. The third-order valence-electron chi connectivity index (χ3n) is 5.05. The zero-order valence-corrected chi connectivity index (χ0v) is 18.3. The monoisotopic (exact) mass is 469 g/mol. The summed E-state index contributed by atoms with van der Waals surface area (Å²) in [5.74, 6) is -0.474. The van der Waals surface area contributed by atoms with E-state index in [1.54, 1.807) is 23.1 Å². The molecule has 0 aliphatic carbocycles. The summed E-state index contributed by atoms with van der Waals surface area (Å²) in [6.45, 7) is 1.19. The van der Waals surface area contributed by atoms with E-state index < -0.39 is 10.0 Å². The molecule has 0 aromatic heterocycles. The van der Waals surface area contributed by atoms with E-state index in [2.05, 4.69) is 5.32 Å². The molecule has 1 heterocycles. The van der Waals surface area contributed by atoms with E-state index in [4.69, 9.17) is 28.3 Å². The van der Waals surface area contributed by atoms with Crippen LogP contribution < -0.4 is 10.5 Å². The molecule has 0 radical (unpaired) electrons. The van der Waals surface area contributed by atoms with Crippen LogP contribution in [0.1, 0.15) is 28.8 Å². The summed E-state index contributed by atoms with van der Waals surface area (Å²) < 4.78 is 22.6. The summed E-state index contributed by atoms with van der Waals surface area (Å²) >= 11 is 12.0. The average molecular weight is 470 g/mol. The van der Waals surface area contributed by atoms with Crippen molar-refractivity contribution in [3.05, 3.63) is 63.6 Å². The number of carbonyl (C=O) groups is 2. The number of hydrogen-bond donors (Lipinski definition) is 2. The number of benzene rings is 2. The molecule has 10 heteroatoms. The molecular formula is C20H21Cl2N3O4S. The summed E-state index contributed by atoms with van der Waals surface area (Å²) in [6, 6.07) is 10.6. The summed E-state index contributed by atoms with van der Waals surface area (Å²) in [4.78, 5) is 26.7. The predicted octanol–water partition coefficient (Wildman–Crippen LogP) is 2.81. The van der Waals surface area contributed by atoms with Gasteiger partial charge in [0.25, 0.3) is 5.91 Å². The van der Waals surface area contributed by atoms with Gasteiger partial charge in [-0.25, -0.2) is 13.6 Å². The minimum absolute atomic E-state index is 0.0461. The first-order valence-corrected chi connectivity index (χ1v) is 11.6. The van der Waals surface area contributed by atoms with Crippen LogP contribution >= 0.6 is 23.2 Å². The first kappa shape index (κ1) is 22.6. The summed E-state index contributed by atoms with van der Waals surface area (Å²) in [6.07, 6.45) is 1.09. The third-order valence-corrected chi connectivity index (χ3v) is 6.57. The molecule has 0 saturated carbocycles. The molecule has 2 aromatic carbocycles. The SMILES string of the molecule is NS(=O)(=O)c1ccc(C(=O)N2CCC(C(=O)NCc3ccc(Cl)cc3Cl)CC2)cc1. The Hall–Kier alpha value is -2.13. The van der Waals surface area contributed by atoms with Crippen LogP contribution in [0.4, 0.5) is 0 Å². The summed E-state index contributed by atoms with van der Waals surface area (Å²) in [5.41, 5.74) is 1.16. The molecule has 160 valence electrons. The lowest BCUT2D eigenvalue weighted by Crippen LogP contribution is -2.43. The van der Waals surface area contributed by atoms with Crippen molar-refractivity contribution in [2.24, 2.45) is 11.1 Å². The van der Waals surface area contributed by atoms with Crippen LogP contribution in [0.15, 0.2) is 47.4 Å². The first-order valence-electron chi connectivity index (χ1n) is 9.29. The highest BCUT2D eigenvalue weighted by Gasteiger charge is 2.28. The van der Waals surface area contributed by atoms with E-state index in [9.17, 15) is 18.0 Å². The molecule has 0 atom stereocenters. The third kappa shape index (κ3) is 5.51. The fraction of sp³-hybridized carbons (Fsp3) is 0.300. The number of carbonyl (C=O) groups excluding carboxylic acids is 2. The molecule has 3 N–H and O–H groups in total. The molecule has 0 spiro atoms. The highest BCUT2D eigenvalue weighted by molar-refractivity contribution is 7.89. The number of hydrogen-bond acceptors (Lipinski definition) is 4. The number of halogens is 2. The molecule has 2 amide bonds. The van der Waals surface area contributed by atoms with Gasteiger partial charge < -0.3 is 10.2 Å². The second-order valence-electron chi connectivity index (χ2n) is 7.09. The molecule has 1 saturated heterocycles. The largest absolute Gasteiger partial charge is 0.352 e. The number of sulfonamides is 1. The minimum Gasteiger partial charge on any atom is -0.352 e. The second-order valence-corrected chi connectivity index (χ2v) is 9.49. The Balaban J connectivity index is 1.52. The predicted molar refractivity (Wildman–Crippen MR) is 115 cm³/mol. The average Bonchev–Trinajstić information content (AvgIpc) is 2.72. The molecule has 30 heavy (non-hydrogen) atoms. The van der Waals surface area contributed by atoms with Crippen LogP contribution in [-0.2, 0) is 21.4 Å². The zero-order chi connectivity index (χ0) is 21.9. The highest BCUT2D eigenvalue weighted by Crippen LogP contribution is 2.22. The van der Waals surface area contributed by atoms with Crippen molar-refractivity contribution in [1.29, 1.82) is 0 Å². The Morgan fingerprint density at radius 1 is 1.07 bits per heavy atom. The van der Waals surface area contributed by atoms with Gasteiger partial charge >= 0.3 is 0 Å². The van der Waals surface area contributed by atoms with E-state index >= 15 is 0 Å².